The van der Waals surface area contributed by atoms with E-state index in [1.54, 1.807) is 12.1 Å². The van der Waals surface area contributed by atoms with E-state index in [1.807, 2.05) is 0 Å². The topological polar surface area (TPSA) is 33.1 Å². The first kappa shape index (κ1) is 11.5. The molecule has 14 heavy (non-hydrogen) atoms. The first-order chi connectivity index (χ1) is 6.39. The third-order valence-corrected chi connectivity index (χ3v) is 1.99. The number of pyridine rings is 1. The highest BCUT2D eigenvalue weighted by atomic mass is 79.9. The largest absolute Gasteiger partial charge is 0.414 e. The molecule has 1 aromatic heterocycles. The number of alkyl halides is 3. The fourth-order valence-corrected chi connectivity index (χ4v) is 1.26. The summed E-state index contributed by atoms with van der Waals surface area (Å²) in [7, 11) is 0. The number of aliphatic hydroxyl groups excluding tert-OH is 1. The van der Waals surface area contributed by atoms with Crippen molar-refractivity contribution in [3.05, 3.63) is 28.5 Å². The van der Waals surface area contributed by atoms with Crippen molar-refractivity contribution in [3.8, 4) is 0 Å². The van der Waals surface area contributed by atoms with Gasteiger partial charge < -0.3 is 5.11 Å². The van der Waals surface area contributed by atoms with Crippen LogP contribution < -0.4 is 0 Å². The van der Waals surface area contributed by atoms with Crippen molar-refractivity contribution in [1.29, 1.82) is 0 Å². The van der Waals surface area contributed by atoms with Gasteiger partial charge in [0.15, 0.2) is 6.10 Å². The van der Waals surface area contributed by atoms with Gasteiger partial charge in [0.2, 0.25) is 0 Å². The Balaban J connectivity index is 2.70. The van der Waals surface area contributed by atoms with E-state index < -0.39 is 18.7 Å². The Labute approximate surface area is 86.9 Å². The van der Waals surface area contributed by atoms with Crippen LogP contribution >= 0.6 is 15.9 Å². The van der Waals surface area contributed by atoms with Crippen molar-refractivity contribution in [1.82, 2.24) is 4.98 Å². The molecule has 0 saturated carbocycles. The highest BCUT2D eigenvalue weighted by Gasteiger charge is 2.38. The average Bonchev–Trinajstić information content (AvgIpc) is 2.02. The standard InChI is InChI=1S/C8H7BrF3NO/c9-7-3-1-2-5(13-7)4-6(14)8(10,11)12/h1-3,6,14H,4H2. The molecule has 1 atom stereocenters. The second-order valence-electron chi connectivity index (χ2n) is 2.71. The lowest BCUT2D eigenvalue weighted by Crippen LogP contribution is -2.30. The molecule has 0 spiro atoms. The third-order valence-electron chi connectivity index (χ3n) is 1.55. The molecular weight excluding hydrogens is 263 g/mol. The van der Waals surface area contributed by atoms with E-state index in [1.165, 1.54) is 6.07 Å². The van der Waals surface area contributed by atoms with E-state index in [0.29, 0.717) is 4.60 Å². The van der Waals surface area contributed by atoms with Gasteiger partial charge in [0.05, 0.1) is 0 Å². The van der Waals surface area contributed by atoms with Gasteiger partial charge in [-0.1, -0.05) is 6.07 Å². The van der Waals surface area contributed by atoms with Gasteiger partial charge >= 0.3 is 6.18 Å². The van der Waals surface area contributed by atoms with Gasteiger partial charge in [-0.3, -0.25) is 0 Å². The normalized spacial score (nSPS) is 14.1. The number of aromatic nitrogens is 1. The van der Waals surface area contributed by atoms with E-state index in [4.69, 9.17) is 5.11 Å². The predicted octanol–water partition coefficient (Wildman–Crippen LogP) is 2.31. The first-order valence-corrected chi connectivity index (χ1v) is 4.55. The fourth-order valence-electron chi connectivity index (χ4n) is 0.878. The fraction of sp³-hybridized carbons (Fsp3) is 0.375. The van der Waals surface area contributed by atoms with Crippen LogP contribution in [0, 0.1) is 0 Å². The van der Waals surface area contributed by atoms with Crippen LogP contribution in [0.1, 0.15) is 5.69 Å². The lowest BCUT2D eigenvalue weighted by Gasteiger charge is -2.13. The second kappa shape index (κ2) is 4.27. The van der Waals surface area contributed by atoms with Crippen LogP contribution in [0.15, 0.2) is 22.8 Å². The zero-order valence-electron chi connectivity index (χ0n) is 6.92. The highest BCUT2D eigenvalue weighted by molar-refractivity contribution is 9.10. The Morgan fingerprint density at radius 3 is 2.57 bits per heavy atom. The van der Waals surface area contributed by atoms with Crippen LogP contribution in [-0.4, -0.2) is 22.4 Å². The van der Waals surface area contributed by atoms with E-state index in [0.717, 1.165) is 0 Å². The van der Waals surface area contributed by atoms with Crippen molar-refractivity contribution < 1.29 is 18.3 Å². The Hall–Kier alpha value is -0.620. The predicted molar refractivity (Wildman–Crippen MR) is 47.7 cm³/mol. The molecule has 0 aromatic carbocycles. The van der Waals surface area contributed by atoms with E-state index >= 15 is 0 Å². The summed E-state index contributed by atoms with van der Waals surface area (Å²) < 4.78 is 36.3. The van der Waals surface area contributed by atoms with Gasteiger partial charge in [0, 0.05) is 12.1 Å². The number of halogens is 4. The van der Waals surface area contributed by atoms with Crippen molar-refractivity contribution >= 4 is 15.9 Å². The molecule has 0 saturated heterocycles. The van der Waals surface area contributed by atoms with Crippen molar-refractivity contribution in [2.24, 2.45) is 0 Å². The summed E-state index contributed by atoms with van der Waals surface area (Å²) >= 11 is 3.03. The summed E-state index contributed by atoms with van der Waals surface area (Å²) in [6, 6.07) is 4.60. The zero-order valence-corrected chi connectivity index (χ0v) is 8.51. The maximum absolute atomic E-state index is 11.9. The number of rotatable bonds is 2. The van der Waals surface area contributed by atoms with Crippen LogP contribution in [0.25, 0.3) is 0 Å². The Kier molecular flexibility index (Phi) is 3.49. The minimum absolute atomic E-state index is 0.198. The summed E-state index contributed by atoms with van der Waals surface area (Å²) in [4.78, 5) is 3.78. The molecule has 0 aliphatic carbocycles. The summed E-state index contributed by atoms with van der Waals surface area (Å²) in [6.07, 6.45) is -7.48. The third kappa shape index (κ3) is 3.26. The molecule has 1 rings (SSSR count). The van der Waals surface area contributed by atoms with Crippen molar-refractivity contribution in [2.75, 3.05) is 0 Å². The van der Waals surface area contributed by atoms with Crippen LogP contribution in [0.3, 0.4) is 0 Å². The van der Waals surface area contributed by atoms with Crippen molar-refractivity contribution in [2.45, 2.75) is 18.7 Å². The molecular formula is C8H7BrF3NO. The summed E-state index contributed by atoms with van der Waals surface area (Å²) in [5, 5.41) is 8.75. The van der Waals surface area contributed by atoms with E-state index in [2.05, 4.69) is 20.9 Å². The lowest BCUT2D eigenvalue weighted by molar-refractivity contribution is -0.203. The first-order valence-electron chi connectivity index (χ1n) is 3.76. The lowest BCUT2D eigenvalue weighted by atomic mass is 10.2. The minimum Gasteiger partial charge on any atom is -0.383 e. The average molecular weight is 270 g/mol. The maximum Gasteiger partial charge on any atom is 0.414 e. The van der Waals surface area contributed by atoms with Gasteiger partial charge in [0.1, 0.15) is 4.60 Å². The molecule has 0 amide bonds. The second-order valence-corrected chi connectivity index (χ2v) is 3.53. The summed E-state index contributed by atoms with van der Waals surface area (Å²) in [5.74, 6) is 0. The molecule has 0 aliphatic rings. The monoisotopic (exact) mass is 269 g/mol. The molecule has 0 fully saturated rings. The van der Waals surface area contributed by atoms with Gasteiger partial charge in [-0.15, -0.1) is 0 Å². The molecule has 78 valence electrons. The molecule has 1 aromatic rings. The van der Waals surface area contributed by atoms with E-state index in [9.17, 15) is 13.2 Å². The van der Waals surface area contributed by atoms with Gasteiger partial charge in [-0.2, -0.15) is 13.2 Å². The molecule has 6 heteroatoms. The smallest absolute Gasteiger partial charge is 0.383 e. The van der Waals surface area contributed by atoms with Gasteiger partial charge in [0.25, 0.3) is 0 Å². The van der Waals surface area contributed by atoms with Crippen molar-refractivity contribution in [3.63, 3.8) is 0 Å². The molecule has 1 unspecified atom stereocenters. The van der Waals surface area contributed by atoms with Gasteiger partial charge in [-0.25, -0.2) is 4.98 Å². The minimum atomic E-state index is -4.59. The zero-order chi connectivity index (χ0) is 10.8. The Bertz CT molecular complexity index is 316. The number of nitrogens with zero attached hydrogens (tertiary/aromatic N) is 1. The molecule has 1 heterocycles. The number of hydrogen-bond donors (Lipinski definition) is 1. The summed E-state index contributed by atoms with van der Waals surface area (Å²) in [5.41, 5.74) is 0.198. The summed E-state index contributed by atoms with van der Waals surface area (Å²) in [6.45, 7) is 0. The Morgan fingerprint density at radius 1 is 1.43 bits per heavy atom. The molecule has 2 nitrogen and oxygen atoms in total. The molecule has 0 aliphatic heterocycles. The van der Waals surface area contributed by atoms with Crippen LogP contribution in [-0.2, 0) is 6.42 Å². The number of hydrogen-bond acceptors (Lipinski definition) is 2. The quantitative estimate of drug-likeness (QED) is 0.836. The maximum atomic E-state index is 11.9. The molecule has 0 radical (unpaired) electrons. The van der Waals surface area contributed by atoms with Gasteiger partial charge in [-0.05, 0) is 28.1 Å². The SMILES string of the molecule is OC(Cc1cccc(Br)n1)C(F)(F)F. The number of aliphatic hydroxyl groups is 1. The van der Waals surface area contributed by atoms with Crippen LogP contribution in [0.4, 0.5) is 13.2 Å². The molecule has 1 N–H and O–H groups in total. The molecule has 0 bridgehead atoms. The Morgan fingerprint density at radius 2 is 2.07 bits per heavy atom. The van der Waals surface area contributed by atoms with Crippen LogP contribution in [0.2, 0.25) is 0 Å². The highest BCUT2D eigenvalue weighted by Crippen LogP contribution is 2.22. The van der Waals surface area contributed by atoms with E-state index in [-0.39, 0.29) is 5.69 Å². The van der Waals surface area contributed by atoms with Crippen LogP contribution in [0.5, 0.6) is 0 Å².